The number of carbonyl (C=O) groups is 2. The van der Waals surface area contributed by atoms with Crippen LogP contribution in [0.3, 0.4) is 0 Å². The first-order chi connectivity index (χ1) is 17.4. The van der Waals surface area contributed by atoms with Gasteiger partial charge in [-0.2, -0.15) is 18.3 Å². The molecule has 2 amide bonds. The number of carbonyl (C=O) groups excluding carboxylic acids is 2. The molecular weight excluding hydrogens is 537 g/mol. The largest absolute Gasteiger partial charge is 0.433 e. The molecule has 0 spiro atoms. The quantitative estimate of drug-likeness (QED) is 0.255. The number of benzene rings is 2. The van der Waals surface area contributed by atoms with Crippen molar-refractivity contribution in [2.24, 2.45) is 0 Å². The lowest BCUT2D eigenvalue weighted by Gasteiger charge is -2.33. The van der Waals surface area contributed by atoms with Crippen molar-refractivity contribution in [1.82, 2.24) is 20.0 Å². The monoisotopic (exact) mass is 557 g/mol. The van der Waals surface area contributed by atoms with E-state index in [4.69, 9.17) is 23.2 Å². The van der Waals surface area contributed by atoms with E-state index in [1.807, 2.05) is 0 Å². The van der Waals surface area contributed by atoms with E-state index >= 15 is 4.39 Å². The molecule has 2 aromatic carbocycles. The molecule has 13 heteroatoms. The standard InChI is InChI=1S/C24H21Cl2F4N5O2/c1-3-19(37)34-9-8-23(12-34,20-16(27)7-6-15(25)21(20)26)32-13-4-5-14-17(10-13)33-35(11-18(36)31-2)22(14)24(28,29)30/h3-7,10,32H,1,8-9,11-12H2,2H3,(H,31,36)/t23-/m1/s1. The Hall–Kier alpha value is -3.31. The van der Waals surface area contributed by atoms with Crippen molar-refractivity contribution in [2.75, 3.05) is 25.5 Å². The Bertz CT molecular complexity index is 1410. The van der Waals surface area contributed by atoms with Gasteiger partial charge in [0.2, 0.25) is 11.8 Å². The summed E-state index contributed by atoms with van der Waals surface area (Å²) in [5, 5.41) is 9.30. The number of aromatic nitrogens is 2. The fourth-order valence-electron chi connectivity index (χ4n) is 4.58. The smallest absolute Gasteiger partial charge is 0.373 e. The second-order valence-corrected chi connectivity index (χ2v) is 9.33. The van der Waals surface area contributed by atoms with Crippen LogP contribution in [0.25, 0.3) is 10.9 Å². The molecule has 0 aliphatic carbocycles. The lowest BCUT2D eigenvalue weighted by atomic mass is 9.87. The van der Waals surface area contributed by atoms with Crippen LogP contribution in [0.4, 0.5) is 23.2 Å². The highest BCUT2D eigenvalue weighted by Gasteiger charge is 2.45. The molecule has 0 bridgehead atoms. The maximum atomic E-state index is 15.2. The minimum Gasteiger partial charge on any atom is -0.373 e. The molecule has 0 saturated carbocycles. The number of hydrogen-bond donors (Lipinski definition) is 2. The molecule has 7 nitrogen and oxygen atoms in total. The van der Waals surface area contributed by atoms with Crippen LogP contribution in [-0.2, 0) is 27.8 Å². The minimum absolute atomic E-state index is 0.00815. The van der Waals surface area contributed by atoms with Crippen molar-refractivity contribution >= 4 is 51.6 Å². The topological polar surface area (TPSA) is 79.3 Å². The molecule has 1 aliphatic heterocycles. The molecule has 4 rings (SSSR count). The van der Waals surface area contributed by atoms with E-state index in [0.717, 1.165) is 12.1 Å². The summed E-state index contributed by atoms with van der Waals surface area (Å²) in [6, 6.07) is 6.44. The highest BCUT2D eigenvalue weighted by Crippen LogP contribution is 2.44. The van der Waals surface area contributed by atoms with Gasteiger partial charge in [-0.25, -0.2) is 9.07 Å². The summed E-state index contributed by atoms with van der Waals surface area (Å²) < 4.78 is 57.2. The fourth-order valence-corrected chi connectivity index (χ4v) is 5.07. The second kappa shape index (κ2) is 9.86. The molecule has 1 fully saturated rings. The molecule has 3 aromatic rings. The number of likely N-dealkylation sites (N-methyl/N-ethyl adjacent to an activating group) is 1. The highest BCUT2D eigenvalue weighted by atomic mass is 35.5. The van der Waals surface area contributed by atoms with Gasteiger partial charge in [0.25, 0.3) is 0 Å². The SMILES string of the molecule is C=CC(=O)N1CC[C@](Nc2ccc3c(C(F)(F)F)n(CC(=O)NC)nc3c2)(c2c(F)ccc(Cl)c2Cl)C1. The number of amides is 2. The summed E-state index contributed by atoms with van der Waals surface area (Å²) in [7, 11) is 1.31. The van der Waals surface area contributed by atoms with Gasteiger partial charge < -0.3 is 15.5 Å². The summed E-state index contributed by atoms with van der Waals surface area (Å²) in [5.41, 5.74) is -2.03. The Morgan fingerprint density at radius 2 is 1.97 bits per heavy atom. The average Bonchev–Trinajstić information content (AvgIpc) is 3.42. The van der Waals surface area contributed by atoms with Gasteiger partial charge in [0.1, 0.15) is 12.4 Å². The number of likely N-dealkylation sites (tertiary alicyclic amines) is 1. The summed E-state index contributed by atoms with van der Waals surface area (Å²) in [6.07, 6.45) is -3.41. The van der Waals surface area contributed by atoms with E-state index in [1.165, 1.54) is 36.2 Å². The molecule has 1 aliphatic rings. The van der Waals surface area contributed by atoms with Crippen LogP contribution in [0.1, 0.15) is 17.7 Å². The van der Waals surface area contributed by atoms with Gasteiger partial charge in [-0.15, -0.1) is 0 Å². The van der Waals surface area contributed by atoms with Crippen LogP contribution >= 0.6 is 23.2 Å². The van der Waals surface area contributed by atoms with E-state index in [-0.39, 0.29) is 51.9 Å². The zero-order valence-corrected chi connectivity index (χ0v) is 20.9. The maximum absolute atomic E-state index is 15.2. The maximum Gasteiger partial charge on any atom is 0.433 e. The third-order valence-corrected chi connectivity index (χ3v) is 7.05. The normalized spacial score (nSPS) is 17.8. The van der Waals surface area contributed by atoms with E-state index in [0.29, 0.717) is 10.4 Å². The van der Waals surface area contributed by atoms with Gasteiger partial charge in [0, 0.05) is 36.8 Å². The Morgan fingerprint density at radius 3 is 2.62 bits per heavy atom. The molecule has 2 N–H and O–H groups in total. The Labute approximate surface area is 219 Å². The Balaban J connectivity index is 1.82. The Morgan fingerprint density at radius 1 is 1.24 bits per heavy atom. The number of nitrogens with zero attached hydrogens (tertiary/aromatic N) is 3. The highest BCUT2D eigenvalue weighted by molar-refractivity contribution is 6.42. The first kappa shape index (κ1) is 26.7. The molecule has 37 heavy (non-hydrogen) atoms. The number of hydrogen-bond acceptors (Lipinski definition) is 4. The van der Waals surface area contributed by atoms with Crippen molar-refractivity contribution in [3.8, 4) is 0 Å². The molecule has 1 atom stereocenters. The predicted octanol–water partition coefficient (Wildman–Crippen LogP) is 4.97. The van der Waals surface area contributed by atoms with Crippen LogP contribution < -0.4 is 10.6 Å². The van der Waals surface area contributed by atoms with Crippen LogP contribution in [0, 0.1) is 5.82 Å². The van der Waals surface area contributed by atoms with Crippen molar-refractivity contribution in [3.63, 3.8) is 0 Å². The lowest BCUT2D eigenvalue weighted by Crippen LogP contribution is -2.41. The number of halogens is 6. The van der Waals surface area contributed by atoms with Gasteiger partial charge in [0.15, 0.2) is 5.69 Å². The van der Waals surface area contributed by atoms with Gasteiger partial charge in [0.05, 0.1) is 21.1 Å². The number of nitrogens with one attached hydrogen (secondary N) is 2. The van der Waals surface area contributed by atoms with Crippen LogP contribution in [0.2, 0.25) is 10.0 Å². The number of anilines is 1. The molecule has 196 valence electrons. The first-order valence-electron chi connectivity index (χ1n) is 11.0. The fraction of sp³-hybridized carbons (Fsp3) is 0.292. The summed E-state index contributed by atoms with van der Waals surface area (Å²) in [6.45, 7) is 3.09. The van der Waals surface area contributed by atoms with Gasteiger partial charge in [-0.3, -0.25) is 9.59 Å². The molecule has 1 saturated heterocycles. The molecule has 0 radical (unpaired) electrons. The molecule has 2 heterocycles. The number of alkyl halides is 3. The third-order valence-electron chi connectivity index (χ3n) is 6.24. The average molecular weight is 558 g/mol. The van der Waals surface area contributed by atoms with Crippen molar-refractivity contribution in [1.29, 1.82) is 0 Å². The molecule has 0 unspecified atom stereocenters. The summed E-state index contributed by atoms with van der Waals surface area (Å²) in [4.78, 5) is 25.6. The second-order valence-electron chi connectivity index (χ2n) is 8.55. The third kappa shape index (κ3) is 4.97. The minimum atomic E-state index is -4.77. The van der Waals surface area contributed by atoms with Crippen molar-refractivity contribution in [2.45, 2.75) is 24.7 Å². The first-order valence-corrected chi connectivity index (χ1v) is 11.8. The molecular formula is C24H21Cl2F4N5O2. The van der Waals surface area contributed by atoms with E-state index in [1.54, 1.807) is 0 Å². The van der Waals surface area contributed by atoms with Gasteiger partial charge in [-0.05, 0) is 42.8 Å². The molecule has 1 aromatic heterocycles. The van der Waals surface area contributed by atoms with Crippen LogP contribution in [-0.4, -0.2) is 46.6 Å². The summed E-state index contributed by atoms with van der Waals surface area (Å²) >= 11 is 12.6. The van der Waals surface area contributed by atoms with Crippen molar-refractivity contribution < 1.29 is 27.2 Å². The Kier molecular flexibility index (Phi) is 7.13. The van der Waals surface area contributed by atoms with Gasteiger partial charge in [-0.1, -0.05) is 29.8 Å². The van der Waals surface area contributed by atoms with Gasteiger partial charge >= 0.3 is 6.18 Å². The zero-order valence-electron chi connectivity index (χ0n) is 19.4. The predicted molar refractivity (Wildman–Crippen MR) is 132 cm³/mol. The van der Waals surface area contributed by atoms with E-state index in [2.05, 4.69) is 22.3 Å². The zero-order chi connectivity index (χ0) is 27.1. The summed E-state index contributed by atoms with van der Waals surface area (Å²) in [5.74, 6) is -1.69. The lowest BCUT2D eigenvalue weighted by molar-refractivity contribution is -0.143. The number of fused-ring (bicyclic) bond motifs is 1. The van der Waals surface area contributed by atoms with Crippen LogP contribution in [0.5, 0.6) is 0 Å². The van der Waals surface area contributed by atoms with Crippen LogP contribution in [0.15, 0.2) is 43.0 Å². The van der Waals surface area contributed by atoms with E-state index in [9.17, 15) is 22.8 Å². The van der Waals surface area contributed by atoms with Crippen molar-refractivity contribution in [3.05, 3.63) is 70.1 Å². The van der Waals surface area contributed by atoms with E-state index < -0.39 is 35.7 Å². The number of rotatable bonds is 6.